The monoisotopic (exact) mass is 236 g/mol. The molecule has 0 unspecified atom stereocenters. The Kier molecular flexibility index (Phi) is 2.61. The van der Waals surface area contributed by atoms with Crippen LogP contribution in [0.15, 0.2) is 48.8 Å². The molecule has 0 amide bonds. The van der Waals surface area contributed by atoms with Gasteiger partial charge in [-0.2, -0.15) is 0 Å². The number of nitrogen functional groups attached to an aromatic ring is 1. The molecule has 3 aromatic rings. The predicted octanol–water partition coefficient (Wildman–Crippen LogP) is 2.20. The highest BCUT2D eigenvalue weighted by atomic mass is 14.9. The van der Waals surface area contributed by atoms with Gasteiger partial charge in [0.05, 0.1) is 17.4 Å². The number of rotatable bonds is 2. The Hall–Kier alpha value is -2.49. The molecule has 18 heavy (non-hydrogen) atoms. The largest absolute Gasteiger partial charge is 0.382 e. The topological polar surface area (TPSA) is 64.7 Å². The average molecular weight is 236 g/mol. The summed E-state index contributed by atoms with van der Waals surface area (Å²) < 4.78 is 0. The van der Waals surface area contributed by atoms with Crippen LogP contribution in [0.4, 0.5) is 5.82 Å². The van der Waals surface area contributed by atoms with Crippen molar-refractivity contribution < 1.29 is 0 Å². The van der Waals surface area contributed by atoms with Gasteiger partial charge in [-0.15, -0.1) is 0 Å². The van der Waals surface area contributed by atoms with Gasteiger partial charge in [0, 0.05) is 23.7 Å². The third-order valence-corrected chi connectivity index (χ3v) is 2.72. The summed E-state index contributed by atoms with van der Waals surface area (Å²) >= 11 is 0. The minimum atomic E-state index is 0.438. The van der Waals surface area contributed by atoms with Gasteiger partial charge in [-0.05, 0) is 12.1 Å². The van der Waals surface area contributed by atoms with Gasteiger partial charge in [0.15, 0.2) is 0 Å². The van der Waals surface area contributed by atoms with E-state index < -0.39 is 0 Å². The molecule has 0 saturated carbocycles. The zero-order valence-corrected chi connectivity index (χ0v) is 9.74. The number of pyridine rings is 1. The fourth-order valence-electron chi connectivity index (χ4n) is 1.90. The number of para-hydroxylation sites is 1. The molecule has 4 heteroatoms. The van der Waals surface area contributed by atoms with Crippen LogP contribution in [-0.2, 0) is 6.42 Å². The highest BCUT2D eigenvalue weighted by Crippen LogP contribution is 2.13. The van der Waals surface area contributed by atoms with E-state index in [2.05, 4.69) is 21.0 Å². The van der Waals surface area contributed by atoms with Crippen molar-refractivity contribution in [3.8, 4) is 0 Å². The summed E-state index contributed by atoms with van der Waals surface area (Å²) in [6.45, 7) is 0. The van der Waals surface area contributed by atoms with Crippen molar-refractivity contribution in [2.45, 2.75) is 6.42 Å². The number of hydrogen-bond acceptors (Lipinski definition) is 4. The minimum absolute atomic E-state index is 0.438. The standard InChI is InChI=1S/C14H12N4/c15-14-9-16-8-12(18-14)7-11-6-5-10-3-1-2-4-13(10)17-11/h1-6,8-9H,7H2,(H2,15,18). The second-order valence-corrected chi connectivity index (χ2v) is 4.11. The third kappa shape index (κ3) is 2.13. The first-order chi connectivity index (χ1) is 8.81. The van der Waals surface area contributed by atoms with Crippen LogP contribution in [-0.4, -0.2) is 15.0 Å². The average Bonchev–Trinajstić information content (AvgIpc) is 2.39. The van der Waals surface area contributed by atoms with Gasteiger partial charge in [0.2, 0.25) is 0 Å². The lowest BCUT2D eigenvalue weighted by molar-refractivity contribution is 1.00. The summed E-state index contributed by atoms with van der Waals surface area (Å²) in [6, 6.07) is 12.1. The quantitative estimate of drug-likeness (QED) is 0.740. The van der Waals surface area contributed by atoms with E-state index in [4.69, 9.17) is 5.73 Å². The maximum atomic E-state index is 5.61. The van der Waals surface area contributed by atoms with Crippen LogP contribution in [0.5, 0.6) is 0 Å². The van der Waals surface area contributed by atoms with Gasteiger partial charge in [0.1, 0.15) is 5.82 Å². The number of aromatic nitrogens is 3. The molecule has 0 radical (unpaired) electrons. The summed E-state index contributed by atoms with van der Waals surface area (Å²) in [5.41, 5.74) is 8.40. The first-order valence-electron chi connectivity index (χ1n) is 5.72. The molecular weight excluding hydrogens is 224 g/mol. The Morgan fingerprint density at radius 3 is 2.67 bits per heavy atom. The molecule has 0 saturated heterocycles. The summed E-state index contributed by atoms with van der Waals surface area (Å²) in [4.78, 5) is 12.8. The van der Waals surface area contributed by atoms with Gasteiger partial charge in [-0.1, -0.05) is 24.3 Å². The summed E-state index contributed by atoms with van der Waals surface area (Å²) in [5.74, 6) is 0.438. The van der Waals surface area contributed by atoms with Gasteiger partial charge in [0.25, 0.3) is 0 Å². The highest BCUT2D eigenvalue weighted by molar-refractivity contribution is 5.78. The zero-order chi connectivity index (χ0) is 12.4. The van der Waals surface area contributed by atoms with E-state index in [1.807, 2.05) is 30.3 Å². The normalized spacial score (nSPS) is 10.7. The summed E-state index contributed by atoms with van der Waals surface area (Å²) in [7, 11) is 0. The Morgan fingerprint density at radius 2 is 1.78 bits per heavy atom. The molecule has 0 spiro atoms. The second-order valence-electron chi connectivity index (χ2n) is 4.11. The third-order valence-electron chi connectivity index (χ3n) is 2.72. The number of anilines is 1. The van der Waals surface area contributed by atoms with Crippen molar-refractivity contribution in [1.29, 1.82) is 0 Å². The maximum Gasteiger partial charge on any atom is 0.142 e. The lowest BCUT2D eigenvalue weighted by Crippen LogP contribution is -1.99. The number of nitrogens with two attached hydrogens (primary N) is 1. The molecule has 2 N–H and O–H groups in total. The minimum Gasteiger partial charge on any atom is -0.382 e. The molecule has 0 aliphatic rings. The van der Waals surface area contributed by atoms with E-state index in [1.165, 1.54) is 6.20 Å². The molecule has 88 valence electrons. The molecule has 1 aromatic carbocycles. The summed E-state index contributed by atoms with van der Waals surface area (Å²) in [5, 5.41) is 1.14. The van der Waals surface area contributed by atoms with Crippen LogP contribution in [0.3, 0.4) is 0 Å². The van der Waals surface area contributed by atoms with Gasteiger partial charge < -0.3 is 5.73 Å². The Labute approximate surface area is 105 Å². The molecule has 0 bridgehead atoms. The van der Waals surface area contributed by atoms with Crippen molar-refractivity contribution in [2.75, 3.05) is 5.73 Å². The Morgan fingerprint density at radius 1 is 0.889 bits per heavy atom. The van der Waals surface area contributed by atoms with E-state index in [-0.39, 0.29) is 0 Å². The van der Waals surface area contributed by atoms with Crippen LogP contribution in [0.25, 0.3) is 10.9 Å². The lowest BCUT2D eigenvalue weighted by Gasteiger charge is -2.03. The van der Waals surface area contributed by atoms with Gasteiger partial charge >= 0.3 is 0 Å². The number of nitrogens with zero attached hydrogens (tertiary/aromatic N) is 3. The van der Waals surface area contributed by atoms with Crippen molar-refractivity contribution in [3.63, 3.8) is 0 Å². The van der Waals surface area contributed by atoms with Crippen molar-refractivity contribution >= 4 is 16.7 Å². The molecule has 0 fully saturated rings. The molecule has 4 nitrogen and oxygen atoms in total. The van der Waals surface area contributed by atoms with E-state index in [0.29, 0.717) is 12.2 Å². The van der Waals surface area contributed by atoms with Crippen LogP contribution < -0.4 is 5.73 Å². The smallest absolute Gasteiger partial charge is 0.142 e. The van der Waals surface area contributed by atoms with Crippen LogP contribution in [0.1, 0.15) is 11.4 Å². The van der Waals surface area contributed by atoms with Gasteiger partial charge in [-0.3, -0.25) is 9.97 Å². The van der Waals surface area contributed by atoms with E-state index in [0.717, 1.165) is 22.3 Å². The molecule has 2 aromatic heterocycles. The first kappa shape index (κ1) is 10.7. The molecular formula is C14H12N4. The fourth-order valence-corrected chi connectivity index (χ4v) is 1.90. The molecule has 2 heterocycles. The van der Waals surface area contributed by atoms with Gasteiger partial charge in [-0.25, -0.2) is 4.98 Å². The van der Waals surface area contributed by atoms with Crippen LogP contribution in [0, 0.1) is 0 Å². The number of benzene rings is 1. The molecule has 0 aliphatic carbocycles. The maximum absolute atomic E-state index is 5.61. The van der Waals surface area contributed by atoms with Crippen molar-refractivity contribution in [2.24, 2.45) is 0 Å². The predicted molar refractivity (Wildman–Crippen MR) is 71.0 cm³/mol. The van der Waals surface area contributed by atoms with Crippen LogP contribution in [0.2, 0.25) is 0 Å². The van der Waals surface area contributed by atoms with Crippen LogP contribution >= 0.6 is 0 Å². The first-order valence-corrected chi connectivity index (χ1v) is 5.72. The molecule has 3 rings (SSSR count). The van der Waals surface area contributed by atoms with Crippen molar-refractivity contribution in [1.82, 2.24) is 15.0 Å². The van der Waals surface area contributed by atoms with E-state index >= 15 is 0 Å². The zero-order valence-electron chi connectivity index (χ0n) is 9.74. The summed E-state index contributed by atoms with van der Waals surface area (Å²) in [6.07, 6.45) is 3.90. The number of fused-ring (bicyclic) bond motifs is 1. The number of hydrogen-bond donors (Lipinski definition) is 1. The lowest BCUT2D eigenvalue weighted by atomic mass is 10.1. The molecule has 0 aliphatic heterocycles. The Bertz CT molecular complexity index is 694. The van der Waals surface area contributed by atoms with E-state index in [9.17, 15) is 0 Å². The van der Waals surface area contributed by atoms with E-state index in [1.54, 1.807) is 6.20 Å². The van der Waals surface area contributed by atoms with Crippen molar-refractivity contribution in [3.05, 3.63) is 60.2 Å². The second kappa shape index (κ2) is 4.41. The molecule has 0 atom stereocenters. The SMILES string of the molecule is Nc1cncc(Cc2ccc3ccccc3n2)n1. The Balaban J connectivity index is 1.95. The fraction of sp³-hybridized carbons (Fsp3) is 0.0714. The highest BCUT2D eigenvalue weighted by Gasteiger charge is 2.02.